The molecule has 0 fully saturated rings. The van der Waals surface area contributed by atoms with Crippen molar-refractivity contribution in [3.63, 3.8) is 0 Å². The van der Waals surface area contributed by atoms with Gasteiger partial charge in [-0.3, -0.25) is 4.79 Å². The second kappa shape index (κ2) is 10.3. The summed E-state index contributed by atoms with van der Waals surface area (Å²) in [5.41, 5.74) is -0.0812. The van der Waals surface area contributed by atoms with Gasteiger partial charge >= 0.3 is 0 Å². The third-order valence-corrected chi connectivity index (χ3v) is 7.22. The molecule has 13 heteroatoms. The topological polar surface area (TPSA) is 60.4 Å². The molecule has 3 aromatic rings. The number of anilines is 1. The van der Waals surface area contributed by atoms with Gasteiger partial charge in [-0.15, -0.1) is 0 Å². The van der Waals surface area contributed by atoms with E-state index in [0.717, 1.165) is 5.56 Å². The lowest BCUT2D eigenvalue weighted by Gasteiger charge is -2.15. The van der Waals surface area contributed by atoms with E-state index in [1.54, 1.807) is 18.2 Å². The number of hydrogen-bond acceptors (Lipinski definition) is 5. The van der Waals surface area contributed by atoms with E-state index in [1.165, 1.54) is 13.0 Å². The van der Waals surface area contributed by atoms with E-state index in [4.69, 9.17) is 14.2 Å². The monoisotopic (exact) mass is 754 g/mol. The van der Waals surface area contributed by atoms with Crippen molar-refractivity contribution < 1.29 is 41.0 Å². The number of fused-ring (bicyclic) bond motifs is 1. The van der Waals surface area contributed by atoms with E-state index >= 15 is 0 Å². The van der Waals surface area contributed by atoms with Gasteiger partial charge in [-0.25, -0.2) is 22.0 Å². The number of hydrogen-bond donors (Lipinski definition) is 0. The Morgan fingerprint density at radius 3 is 2.21 bits per heavy atom. The van der Waals surface area contributed by atoms with Crippen molar-refractivity contribution in [2.24, 2.45) is 5.10 Å². The Morgan fingerprint density at radius 1 is 0.947 bits per heavy atom. The zero-order valence-corrected chi connectivity index (χ0v) is 23.4. The van der Waals surface area contributed by atoms with E-state index < -0.39 is 40.7 Å². The third kappa shape index (κ3) is 4.69. The average molecular weight is 754 g/mol. The first kappa shape index (κ1) is 26.6. The minimum absolute atomic E-state index is 0.0343. The number of ether oxygens (including phenoxy) is 3. The molecule has 0 spiro atoms. The third-order valence-electron chi connectivity index (χ3n) is 5.61. The molecule has 2 heterocycles. The van der Waals surface area contributed by atoms with Gasteiger partial charge in [-0.2, -0.15) is 10.1 Å². The van der Waals surface area contributed by atoms with Crippen LogP contribution in [0.2, 0.25) is 0 Å². The lowest BCUT2D eigenvalue weighted by molar-refractivity contribution is -0.114. The van der Waals surface area contributed by atoms with Crippen LogP contribution in [0.5, 0.6) is 17.2 Å². The van der Waals surface area contributed by atoms with Gasteiger partial charge in [-0.1, -0.05) is 6.07 Å². The van der Waals surface area contributed by atoms with Crippen LogP contribution in [-0.4, -0.2) is 18.4 Å². The molecule has 0 saturated carbocycles. The molecule has 0 N–H and O–H groups in total. The molecular weight excluding hydrogens is 741 g/mol. The van der Waals surface area contributed by atoms with E-state index in [9.17, 15) is 26.7 Å². The quantitative estimate of drug-likeness (QED) is 0.0957. The van der Waals surface area contributed by atoms with Gasteiger partial charge in [0.2, 0.25) is 12.6 Å². The standard InChI is InChI=1S/C25H13F5I2N2O4/c1-10-13(25(35)34(33-10)23-21(29)19(27)18(26)20(28)22(23)30)4-12-5-14(31)24(15(32)6-12)36-8-11-2-3-16-17(7-11)38-9-37-16/h2-7H,8-9H2,1H3/b13-4+. The normalized spacial score (nSPS) is 15.5. The Labute approximate surface area is 239 Å². The minimum Gasteiger partial charge on any atom is -0.487 e. The number of rotatable bonds is 5. The Hall–Kier alpha value is -2.95. The lowest BCUT2D eigenvalue weighted by atomic mass is 10.1. The van der Waals surface area contributed by atoms with Crippen molar-refractivity contribution in [1.82, 2.24) is 0 Å². The van der Waals surface area contributed by atoms with Crippen molar-refractivity contribution in [3.8, 4) is 17.2 Å². The number of nitrogens with zero attached hydrogens (tertiary/aromatic N) is 2. The van der Waals surface area contributed by atoms with Gasteiger partial charge < -0.3 is 14.2 Å². The highest BCUT2D eigenvalue weighted by Crippen LogP contribution is 2.36. The fraction of sp³-hybridized carbons (Fsp3) is 0.120. The Morgan fingerprint density at radius 2 is 1.55 bits per heavy atom. The maximum Gasteiger partial charge on any atom is 0.280 e. The number of carbonyl (C=O) groups excluding carboxylic acids is 1. The largest absolute Gasteiger partial charge is 0.487 e. The minimum atomic E-state index is -2.32. The summed E-state index contributed by atoms with van der Waals surface area (Å²) in [7, 11) is 0. The summed E-state index contributed by atoms with van der Waals surface area (Å²) in [6.07, 6.45) is 1.42. The van der Waals surface area contributed by atoms with E-state index in [2.05, 4.69) is 50.3 Å². The molecule has 2 aliphatic heterocycles. The summed E-state index contributed by atoms with van der Waals surface area (Å²) in [6.45, 7) is 1.80. The van der Waals surface area contributed by atoms with Crippen molar-refractivity contribution >= 4 is 68.6 Å². The van der Waals surface area contributed by atoms with Gasteiger partial charge in [0.1, 0.15) is 18.0 Å². The van der Waals surface area contributed by atoms with Crippen LogP contribution in [-0.2, 0) is 11.4 Å². The van der Waals surface area contributed by atoms with Crippen LogP contribution in [0.25, 0.3) is 6.08 Å². The number of halogens is 7. The van der Waals surface area contributed by atoms with E-state index in [0.29, 0.717) is 30.0 Å². The van der Waals surface area contributed by atoms with Crippen LogP contribution in [0.4, 0.5) is 27.6 Å². The zero-order chi connectivity index (χ0) is 27.3. The number of hydrazone groups is 1. The zero-order valence-electron chi connectivity index (χ0n) is 19.1. The molecule has 196 valence electrons. The van der Waals surface area contributed by atoms with Crippen LogP contribution in [0.1, 0.15) is 18.1 Å². The fourth-order valence-electron chi connectivity index (χ4n) is 3.77. The van der Waals surface area contributed by atoms with Crippen molar-refractivity contribution in [2.45, 2.75) is 13.5 Å². The van der Waals surface area contributed by atoms with Crippen LogP contribution in [0, 0.1) is 36.2 Å². The number of amides is 1. The molecule has 0 aromatic heterocycles. The predicted molar refractivity (Wildman–Crippen MR) is 144 cm³/mol. The van der Waals surface area contributed by atoms with Crippen LogP contribution in [0.3, 0.4) is 0 Å². The second-order valence-electron chi connectivity index (χ2n) is 8.07. The van der Waals surface area contributed by atoms with Crippen molar-refractivity contribution in [3.05, 3.63) is 83.3 Å². The lowest BCUT2D eigenvalue weighted by Crippen LogP contribution is -2.25. The Kier molecular flexibility index (Phi) is 7.23. The molecule has 2 aliphatic rings. The molecular formula is C25H13F5I2N2O4. The summed E-state index contributed by atoms with van der Waals surface area (Å²) in [4.78, 5) is 12.9. The summed E-state index contributed by atoms with van der Waals surface area (Å²) in [5, 5.41) is 3.93. The van der Waals surface area contributed by atoms with Gasteiger partial charge in [0.15, 0.2) is 34.8 Å². The molecule has 0 aliphatic carbocycles. The summed E-state index contributed by atoms with van der Waals surface area (Å²) >= 11 is 4.13. The predicted octanol–water partition coefficient (Wildman–Crippen LogP) is 6.71. The molecule has 6 nitrogen and oxygen atoms in total. The molecule has 3 aromatic carbocycles. The van der Waals surface area contributed by atoms with Crippen LogP contribution >= 0.6 is 45.2 Å². The summed E-state index contributed by atoms with van der Waals surface area (Å²) in [5.74, 6) is -10.1. The first-order valence-electron chi connectivity index (χ1n) is 10.7. The number of carbonyl (C=O) groups is 1. The van der Waals surface area contributed by atoms with E-state index in [1.807, 2.05) is 12.1 Å². The fourth-order valence-corrected chi connectivity index (χ4v) is 5.90. The average Bonchev–Trinajstić information content (AvgIpc) is 3.45. The maximum absolute atomic E-state index is 14.3. The Bertz CT molecular complexity index is 1530. The molecule has 5 rings (SSSR count). The number of benzene rings is 3. The van der Waals surface area contributed by atoms with Gasteiger partial charge in [0.05, 0.1) is 18.4 Å². The first-order chi connectivity index (χ1) is 18.1. The summed E-state index contributed by atoms with van der Waals surface area (Å²) < 4.78 is 87.5. The van der Waals surface area contributed by atoms with Crippen LogP contribution in [0.15, 0.2) is 41.0 Å². The SMILES string of the molecule is CC1=NN(c2c(F)c(F)c(F)c(F)c2F)C(=O)/C1=C/c1cc(I)c(OCc2ccc3c(c2)OCO3)c(I)c1. The van der Waals surface area contributed by atoms with Crippen LogP contribution < -0.4 is 19.2 Å². The van der Waals surface area contributed by atoms with Crippen molar-refractivity contribution in [2.75, 3.05) is 11.8 Å². The highest BCUT2D eigenvalue weighted by atomic mass is 127. The van der Waals surface area contributed by atoms with Gasteiger partial charge in [0, 0.05) is 0 Å². The van der Waals surface area contributed by atoms with Crippen molar-refractivity contribution in [1.29, 1.82) is 0 Å². The highest BCUT2D eigenvalue weighted by molar-refractivity contribution is 14.1. The van der Waals surface area contributed by atoms with Gasteiger partial charge in [0.25, 0.3) is 5.91 Å². The molecule has 38 heavy (non-hydrogen) atoms. The molecule has 0 atom stereocenters. The van der Waals surface area contributed by atoms with E-state index in [-0.39, 0.29) is 29.7 Å². The molecule has 1 amide bonds. The first-order valence-corrected chi connectivity index (χ1v) is 12.9. The second-order valence-corrected chi connectivity index (χ2v) is 10.4. The highest BCUT2D eigenvalue weighted by Gasteiger charge is 2.37. The Balaban J connectivity index is 1.40. The van der Waals surface area contributed by atoms with Gasteiger partial charge in [-0.05, 0) is 93.6 Å². The smallest absolute Gasteiger partial charge is 0.280 e. The maximum atomic E-state index is 14.3. The summed E-state index contributed by atoms with van der Waals surface area (Å²) in [6, 6.07) is 8.91. The molecule has 0 unspecified atom stereocenters. The molecule has 0 saturated heterocycles. The molecule has 0 bridgehead atoms. The molecule has 0 radical (unpaired) electrons.